The fraction of sp³-hybridized carbons (Fsp3) is 0.385. The quantitative estimate of drug-likeness (QED) is 0.837. The Hall–Kier alpha value is -1.88. The number of aromatic nitrogens is 2. The molecule has 94 valence electrons. The van der Waals surface area contributed by atoms with Gasteiger partial charge in [-0.2, -0.15) is 4.98 Å². The molecule has 1 saturated carbocycles. The number of benzene rings is 1. The van der Waals surface area contributed by atoms with Crippen molar-refractivity contribution in [3.63, 3.8) is 0 Å². The first-order valence-electron chi connectivity index (χ1n) is 6.12. The summed E-state index contributed by atoms with van der Waals surface area (Å²) < 4.78 is 5.17. The molecule has 0 unspecified atom stereocenters. The topological polar surface area (TPSA) is 71.2 Å². The monoisotopic (exact) mass is 245 g/mol. The molecular weight excluding hydrogens is 230 g/mol. The van der Waals surface area contributed by atoms with Gasteiger partial charge in [-0.05, 0) is 30.5 Å². The summed E-state index contributed by atoms with van der Waals surface area (Å²) in [6, 6.07) is 7.66. The third-order valence-corrected chi connectivity index (χ3v) is 2.93. The van der Waals surface area contributed by atoms with E-state index in [1.807, 2.05) is 12.1 Å². The summed E-state index contributed by atoms with van der Waals surface area (Å²) in [7, 11) is 0. The standard InChI is InChI=1S/C13H15N3O2/c17-11-5-1-9(2-6-11)7-12-15-13(18-16-12)8-14-10-3-4-10/h1-2,5-6,10,14,17H,3-4,7-8H2. The van der Waals surface area contributed by atoms with E-state index in [0.29, 0.717) is 30.7 Å². The zero-order valence-electron chi connectivity index (χ0n) is 9.97. The first-order valence-corrected chi connectivity index (χ1v) is 6.12. The Morgan fingerprint density at radius 2 is 2.06 bits per heavy atom. The van der Waals surface area contributed by atoms with E-state index in [1.165, 1.54) is 12.8 Å². The molecule has 5 nitrogen and oxygen atoms in total. The molecule has 0 aliphatic heterocycles. The Labute approximate surface area is 105 Å². The molecule has 0 amide bonds. The number of nitrogens with zero attached hydrogens (tertiary/aromatic N) is 2. The number of rotatable bonds is 5. The molecule has 0 saturated heterocycles. The average molecular weight is 245 g/mol. The van der Waals surface area contributed by atoms with Crippen molar-refractivity contribution in [2.24, 2.45) is 0 Å². The van der Waals surface area contributed by atoms with Crippen LogP contribution >= 0.6 is 0 Å². The Kier molecular flexibility index (Phi) is 2.98. The van der Waals surface area contributed by atoms with E-state index < -0.39 is 0 Å². The van der Waals surface area contributed by atoms with Crippen molar-refractivity contribution in [3.8, 4) is 5.75 Å². The fourth-order valence-corrected chi connectivity index (χ4v) is 1.75. The van der Waals surface area contributed by atoms with Gasteiger partial charge in [-0.25, -0.2) is 0 Å². The average Bonchev–Trinajstić information content (AvgIpc) is 3.10. The van der Waals surface area contributed by atoms with E-state index in [0.717, 1.165) is 5.56 Å². The van der Waals surface area contributed by atoms with Gasteiger partial charge < -0.3 is 14.9 Å². The summed E-state index contributed by atoms with van der Waals surface area (Å²) >= 11 is 0. The lowest BCUT2D eigenvalue weighted by Gasteiger charge is -1.97. The lowest BCUT2D eigenvalue weighted by molar-refractivity contribution is 0.363. The van der Waals surface area contributed by atoms with Crippen molar-refractivity contribution in [2.45, 2.75) is 31.8 Å². The first kappa shape index (κ1) is 11.2. The van der Waals surface area contributed by atoms with Gasteiger partial charge in [0.05, 0.1) is 6.54 Å². The van der Waals surface area contributed by atoms with E-state index in [-0.39, 0.29) is 5.75 Å². The highest BCUT2D eigenvalue weighted by Gasteiger charge is 2.21. The molecule has 1 fully saturated rings. The van der Waals surface area contributed by atoms with Gasteiger partial charge in [0.15, 0.2) is 5.82 Å². The van der Waals surface area contributed by atoms with Crippen LogP contribution in [-0.4, -0.2) is 21.3 Å². The maximum atomic E-state index is 9.20. The van der Waals surface area contributed by atoms with Crippen molar-refractivity contribution < 1.29 is 9.63 Å². The van der Waals surface area contributed by atoms with Crippen LogP contribution in [0.2, 0.25) is 0 Å². The normalized spacial score (nSPS) is 14.9. The summed E-state index contributed by atoms with van der Waals surface area (Å²) in [5.74, 6) is 1.57. The van der Waals surface area contributed by atoms with Crippen molar-refractivity contribution in [1.29, 1.82) is 0 Å². The molecule has 0 atom stereocenters. The minimum atomic E-state index is 0.265. The summed E-state index contributed by atoms with van der Waals surface area (Å²) in [6.07, 6.45) is 3.11. The molecule has 1 aromatic carbocycles. The molecular formula is C13H15N3O2. The lowest BCUT2D eigenvalue weighted by Crippen LogP contribution is -2.15. The zero-order valence-corrected chi connectivity index (χ0v) is 9.97. The largest absolute Gasteiger partial charge is 0.508 e. The van der Waals surface area contributed by atoms with E-state index in [2.05, 4.69) is 15.5 Å². The third-order valence-electron chi connectivity index (χ3n) is 2.93. The van der Waals surface area contributed by atoms with E-state index in [9.17, 15) is 5.11 Å². The molecule has 0 radical (unpaired) electrons. The number of phenolic OH excluding ortho intramolecular Hbond substituents is 1. The van der Waals surface area contributed by atoms with Crippen LogP contribution in [0, 0.1) is 0 Å². The van der Waals surface area contributed by atoms with E-state index in [4.69, 9.17) is 4.52 Å². The van der Waals surface area contributed by atoms with Crippen LogP contribution in [0.4, 0.5) is 0 Å². The van der Waals surface area contributed by atoms with Crippen molar-refractivity contribution in [2.75, 3.05) is 0 Å². The van der Waals surface area contributed by atoms with Gasteiger partial charge in [-0.3, -0.25) is 0 Å². The minimum Gasteiger partial charge on any atom is -0.508 e. The highest BCUT2D eigenvalue weighted by Crippen LogP contribution is 2.19. The van der Waals surface area contributed by atoms with Crippen molar-refractivity contribution in [3.05, 3.63) is 41.5 Å². The molecule has 3 rings (SSSR count). The fourth-order valence-electron chi connectivity index (χ4n) is 1.75. The molecule has 18 heavy (non-hydrogen) atoms. The van der Waals surface area contributed by atoms with Crippen LogP contribution in [0.5, 0.6) is 5.75 Å². The molecule has 2 N–H and O–H groups in total. The Morgan fingerprint density at radius 1 is 1.28 bits per heavy atom. The Morgan fingerprint density at radius 3 is 2.78 bits per heavy atom. The number of nitrogens with one attached hydrogen (secondary N) is 1. The first-order chi connectivity index (χ1) is 8.79. The summed E-state index contributed by atoms with van der Waals surface area (Å²) in [6.45, 7) is 0.646. The minimum absolute atomic E-state index is 0.265. The Bertz CT molecular complexity index is 517. The van der Waals surface area contributed by atoms with Crippen LogP contribution in [0.3, 0.4) is 0 Å². The van der Waals surface area contributed by atoms with Crippen LogP contribution in [-0.2, 0) is 13.0 Å². The molecule has 1 heterocycles. The molecule has 1 aliphatic rings. The van der Waals surface area contributed by atoms with E-state index >= 15 is 0 Å². The molecule has 0 bridgehead atoms. The smallest absolute Gasteiger partial charge is 0.240 e. The van der Waals surface area contributed by atoms with Gasteiger partial charge in [-0.15, -0.1) is 0 Å². The van der Waals surface area contributed by atoms with Crippen LogP contribution < -0.4 is 5.32 Å². The van der Waals surface area contributed by atoms with Gasteiger partial charge in [-0.1, -0.05) is 17.3 Å². The molecule has 1 aliphatic carbocycles. The summed E-state index contributed by atoms with van der Waals surface area (Å²) in [4.78, 5) is 4.32. The van der Waals surface area contributed by atoms with Crippen LogP contribution in [0.15, 0.2) is 28.8 Å². The van der Waals surface area contributed by atoms with E-state index in [1.54, 1.807) is 12.1 Å². The van der Waals surface area contributed by atoms with Crippen molar-refractivity contribution in [1.82, 2.24) is 15.5 Å². The number of aromatic hydroxyl groups is 1. The molecule has 1 aromatic heterocycles. The molecule has 2 aromatic rings. The van der Waals surface area contributed by atoms with Crippen LogP contribution in [0.1, 0.15) is 30.1 Å². The maximum Gasteiger partial charge on any atom is 0.240 e. The van der Waals surface area contributed by atoms with Gasteiger partial charge >= 0.3 is 0 Å². The highest BCUT2D eigenvalue weighted by molar-refractivity contribution is 5.27. The van der Waals surface area contributed by atoms with Gasteiger partial charge in [0.1, 0.15) is 5.75 Å². The second-order valence-electron chi connectivity index (χ2n) is 4.60. The van der Waals surface area contributed by atoms with Gasteiger partial charge in [0.25, 0.3) is 0 Å². The van der Waals surface area contributed by atoms with Crippen molar-refractivity contribution >= 4 is 0 Å². The van der Waals surface area contributed by atoms with Gasteiger partial charge in [0.2, 0.25) is 5.89 Å². The molecule has 5 heteroatoms. The zero-order chi connectivity index (χ0) is 12.4. The number of hydrogen-bond acceptors (Lipinski definition) is 5. The second kappa shape index (κ2) is 4.78. The third kappa shape index (κ3) is 2.87. The van der Waals surface area contributed by atoms with Crippen LogP contribution in [0.25, 0.3) is 0 Å². The van der Waals surface area contributed by atoms with Gasteiger partial charge in [0, 0.05) is 12.5 Å². The number of phenols is 1. The second-order valence-corrected chi connectivity index (χ2v) is 4.60. The SMILES string of the molecule is Oc1ccc(Cc2noc(CNC3CC3)n2)cc1. The lowest BCUT2D eigenvalue weighted by atomic mass is 10.1. The summed E-state index contributed by atoms with van der Waals surface area (Å²) in [5, 5.41) is 16.5. The highest BCUT2D eigenvalue weighted by atomic mass is 16.5. The summed E-state index contributed by atoms with van der Waals surface area (Å²) in [5.41, 5.74) is 1.05. The molecule has 0 spiro atoms. The Balaban J connectivity index is 1.60. The predicted octanol–water partition coefficient (Wildman–Crippen LogP) is 1.62. The predicted molar refractivity (Wildman–Crippen MR) is 65.1 cm³/mol. The maximum absolute atomic E-state index is 9.20. The number of hydrogen-bond donors (Lipinski definition) is 2.